The largest absolute Gasteiger partial charge is 0.504 e. The van der Waals surface area contributed by atoms with Crippen molar-refractivity contribution in [2.75, 3.05) is 5.73 Å². The number of aromatic nitrogens is 1. The molecule has 0 spiro atoms. The second-order valence-electron chi connectivity index (χ2n) is 6.53. The van der Waals surface area contributed by atoms with Crippen molar-refractivity contribution in [1.29, 1.82) is 0 Å². The standard InChI is InChI=1S/C14H6Cl2N2O6.C6H5Cl2NO/c15-6-3-7(16)13-8(4-6)17-11(14(21)24-13)5-1-9(18(22)23)12(20)10(19)2-5;7-3-1-4(8)6(10)5(9)2-3/h1-4,19-20H;1-2,10H,9H2. The molecule has 0 fully saturated rings. The molecule has 10 nitrogen and oxygen atoms in total. The summed E-state index contributed by atoms with van der Waals surface area (Å²) in [7, 11) is 0. The van der Waals surface area contributed by atoms with Crippen molar-refractivity contribution in [3.05, 3.63) is 77.0 Å². The average Bonchev–Trinajstić information content (AvgIpc) is 2.74. The molecule has 1 aromatic heterocycles. The number of rotatable bonds is 2. The van der Waals surface area contributed by atoms with E-state index >= 15 is 0 Å². The van der Waals surface area contributed by atoms with Crippen molar-refractivity contribution >= 4 is 68.9 Å². The van der Waals surface area contributed by atoms with E-state index in [-0.39, 0.29) is 48.9 Å². The number of anilines is 1. The van der Waals surface area contributed by atoms with Crippen LogP contribution >= 0.6 is 46.4 Å². The third kappa shape index (κ3) is 5.20. The summed E-state index contributed by atoms with van der Waals surface area (Å²) >= 11 is 22.8. The van der Waals surface area contributed by atoms with E-state index in [0.717, 1.165) is 12.1 Å². The Morgan fingerprint density at radius 1 is 0.912 bits per heavy atom. The number of fused-ring (bicyclic) bond motifs is 1. The summed E-state index contributed by atoms with van der Waals surface area (Å²) in [5.74, 6) is -1.81. The summed E-state index contributed by atoms with van der Waals surface area (Å²) < 4.78 is 5.08. The van der Waals surface area contributed by atoms with E-state index in [9.17, 15) is 25.1 Å². The molecule has 0 atom stereocenters. The lowest BCUT2D eigenvalue weighted by molar-refractivity contribution is -0.385. The third-order valence-electron chi connectivity index (χ3n) is 4.21. The monoisotopic (exact) mass is 545 g/mol. The van der Waals surface area contributed by atoms with E-state index in [0.29, 0.717) is 5.02 Å². The van der Waals surface area contributed by atoms with Crippen molar-refractivity contribution in [1.82, 2.24) is 4.98 Å². The molecular weight excluding hydrogens is 536 g/mol. The highest BCUT2D eigenvalue weighted by Gasteiger charge is 2.22. The highest BCUT2D eigenvalue weighted by Crippen LogP contribution is 2.39. The second kappa shape index (κ2) is 9.82. The molecule has 0 amide bonds. The van der Waals surface area contributed by atoms with Gasteiger partial charge in [-0.1, -0.05) is 46.4 Å². The number of nitro groups is 1. The average molecular weight is 547 g/mol. The Kier molecular flexibility index (Phi) is 7.27. The van der Waals surface area contributed by atoms with Gasteiger partial charge in [-0.05, 0) is 30.3 Å². The predicted octanol–water partition coefficient (Wildman–Crippen LogP) is 5.76. The normalized spacial score (nSPS) is 10.6. The van der Waals surface area contributed by atoms with Gasteiger partial charge in [0.2, 0.25) is 5.75 Å². The molecule has 14 heteroatoms. The molecule has 4 rings (SSSR count). The first-order valence-corrected chi connectivity index (χ1v) is 10.3. The lowest BCUT2D eigenvalue weighted by Gasteiger charge is -2.05. The molecule has 4 aromatic rings. The zero-order valence-electron chi connectivity index (χ0n) is 16.4. The minimum atomic E-state index is -0.925. The Hall–Kier alpha value is -3.44. The number of nitro benzene ring substituents is 1. The van der Waals surface area contributed by atoms with Crippen molar-refractivity contribution < 1.29 is 24.7 Å². The number of nitrogens with zero attached hydrogens (tertiary/aromatic N) is 2. The van der Waals surface area contributed by atoms with Gasteiger partial charge in [0.15, 0.2) is 22.8 Å². The van der Waals surface area contributed by atoms with Crippen LogP contribution in [0.1, 0.15) is 0 Å². The van der Waals surface area contributed by atoms with E-state index in [4.69, 9.17) is 61.7 Å². The Morgan fingerprint density at radius 3 is 2.15 bits per heavy atom. The fourth-order valence-electron chi connectivity index (χ4n) is 2.69. The number of phenolic OH excluding ortho intramolecular Hbond substituents is 3. The lowest BCUT2D eigenvalue weighted by Crippen LogP contribution is -2.06. The molecule has 0 saturated carbocycles. The second-order valence-corrected chi connectivity index (χ2v) is 8.22. The van der Waals surface area contributed by atoms with Gasteiger partial charge in [0, 0.05) is 21.7 Å². The van der Waals surface area contributed by atoms with Crippen LogP contribution in [0.2, 0.25) is 20.1 Å². The quantitative estimate of drug-likeness (QED) is 0.105. The first kappa shape index (κ1) is 25.2. The Labute approximate surface area is 209 Å². The number of halogens is 4. The van der Waals surface area contributed by atoms with Gasteiger partial charge in [0.1, 0.15) is 5.52 Å². The molecule has 0 aliphatic heterocycles. The number of nitrogens with two attached hydrogens (primary N) is 1. The molecule has 0 saturated heterocycles. The van der Waals surface area contributed by atoms with Crippen molar-refractivity contribution in [2.45, 2.75) is 0 Å². The SMILES string of the molecule is Nc1cc(Cl)cc(Cl)c1O.O=c1oc2c(Cl)cc(Cl)cc2nc1-c1cc(O)c(O)c([N+](=O)[O-])c1. The maximum Gasteiger partial charge on any atom is 0.363 e. The molecule has 0 aliphatic rings. The van der Waals surface area contributed by atoms with Gasteiger partial charge in [-0.3, -0.25) is 10.1 Å². The van der Waals surface area contributed by atoms with Crippen LogP contribution in [0.25, 0.3) is 22.4 Å². The van der Waals surface area contributed by atoms with E-state index in [1.807, 2.05) is 0 Å². The molecular formula is C20H11Cl4N3O7. The van der Waals surface area contributed by atoms with Crippen LogP contribution in [-0.4, -0.2) is 25.2 Å². The summed E-state index contributed by atoms with van der Waals surface area (Å²) in [5, 5.41) is 40.0. The fraction of sp³-hybridized carbons (Fsp3) is 0. The molecule has 34 heavy (non-hydrogen) atoms. The van der Waals surface area contributed by atoms with Crippen LogP contribution in [-0.2, 0) is 0 Å². The van der Waals surface area contributed by atoms with Crippen LogP contribution in [0, 0.1) is 10.1 Å². The highest BCUT2D eigenvalue weighted by atomic mass is 35.5. The summed E-state index contributed by atoms with van der Waals surface area (Å²) in [5.41, 5.74) is 3.53. The molecule has 0 radical (unpaired) electrons. The summed E-state index contributed by atoms with van der Waals surface area (Å²) in [6.07, 6.45) is 0. The smallest absolute Gasteiger partial charge is 0.363 e. The molecule has 176 valence electrons. The van der Waals surface area contributed by atoms with E-state index in [1.165, 1.54) is 24.3 Å². The number of hydrogen-bond acceptors (Lipinski definition) is 9. The summed E-state index contributed by atoms with van der Waals surface area (Å²) in [6.45, 7) is 0. The Bertz CT molecular complexity index is 1490. The van der Waals surface area contributed by atoms with E-state index < -0.39 is 27.7 Å². The maximum absolute atomic E-state index is 12.1. The molecule has 5 N–H and O–H groups in total. The number of aromatic hydroxyl groups is 3. The lowest BCUT2D eigenvalue weighted by atomic mass is 10.1. The van der Waals surface area contributed by atoms with Crippen LogP contribution in [0.4, 0.5) is 11.4 Å². The predicted molar refractivity (Wildman–Crippen MR) is 128 cm³/mol. The van der Waals surface area contributed by atoms with Crippen LogP contribution in [0.15, 0.2) is 45.6 Å². The third-order valence-corrected chi connectivity index (χ3v) is 5.21. The number of benzene rings is 3. The Morgan fingerprint density at radius 2 is 1.53 bits per heavy atom. The van der Waals surface area contributed by atoms with Gasteiger partial charge >= 0.3 is 11.3 Å². The summed E-state index contributed by atoms with van der Waals surface area (Å²) in [6, 6.07) is 7.47. The van der Waals surface area contributed by atoms with Crippen LogP contribution in [0.5, 0.6) is 17.2 Å². The molecule has 1 heterocycles. The van der Waals surface area contributed by atoms with Crippen molar-refractivity contribution in [3.63, 3.8) is 0 Å². The van der Waals surface area contributed by atoms with Gasteiger partial charge < -0.3 is 25.5 Å². The van der Waals surface area contributed by atoms with Gasteiger partial charge in [-0.2, -0.15) is 0 Å². The first-order valence-electron chi connectivity index (χ1n) is 8.83. The van der Waals surface area contributed by atoms with Gasteiger partial charge in [0.05, 0.1) is 20.7 Å². The first-order chi connectivity index (χ1) is 15.9. The number of hydrogen-bond donors (Lipinski definition) is 4. The molecule has 3 aromatic carbocycles. The zero-order chi connectivity index (χ0) is 25.3. The van der Waals surface area contributed by atoms with E-state index in [2.05, 4.69) is 4.98 Å². The Balaban J connectivity index is 0.000000271. The van der Waals surface area contributed by atoms with Gasteiger partial charge in [-0.25, -0.2) is 9.78 Å². The molecule has 0 aliphatic carbocycles. The minimum absolute atomic E-state index is 0.00677. The van der Waals surface area contributed by atoms with Crippen LogP contribution < -0.4 is 11.4 Å². The topological polar surface area (TPSA) is 173 Å². The fourth-order valence-corrected chi connectivity index (χ4v) is 3.72. The van der Waals surface area contributed by atoms with Crippen molar-refractivity contribution in [3.8, 4) is 28.5 Å². The van der Waals surface area contributed by atoms with Crippen molar-refractivity contribution in [2.24, 2.45) is 0 Å². The molecule has 0 unspecified atom stereocenters. The highest BCUT2D eigenvalue weighted by molar-refractivity contribution is 6.38. The van der Waals surface area contributed by atoms with Gasteiger partial charge in [-0.15, -0.1) is 0 Å². The maximum atomic E-state index is 12.1. The summed E-state index contributed by atoms with van der Waals surface area (Å²) in [4.78, 5) is 26.2. The molecule has 0 bridgehead atoms. The van der Waals surface area contributed by atoms with Gasteiger partial charge in [0.25, 0.3) is 0 Å². The number of phenols is 3. The van der Waals surface area contributed by atoms with E-state index in [1.54, 1.807) is 0 Å². The number of nitrogen functional groups attached to an aromatic ring is 1. The zero-order valence-corrected chi connectivity index (χ0v) is 19.4. The van der Waals surface area contributed by atoms with Crippen LogP contribution in [0.3, 0.4) is 0 Å². The minimum Gasteiger partial charge on any atom is -0.504 e.